The van der Waals surface area contributed by atoms with Crippen LogP contribution in [0.5, 0.6) is 0 Å². The number of hydrogen-bond acceptors (Lipinski definition) is 4. The zero-order valence-electron chi connectivity index (χ0n) is 10.9. The average Bonchev–Trinajstić information content (AvgIpc) is 2.90. The Morgan fingerprint density at radius 1 is 0.947 bits per heavy atom. The van der Waals surface area contributed by atoms with Crippen LogP contribution in [0.1, 0.15) is 0 Å². The van der Waals surface area contributed by atoms with Crippen LogP contribution in [0, 0.1) is 0 Å². The predicted molar refractivity (Wildman–Crippen MR) is 78.5 cm³/mol. The smallest absolute Gasteiger partial charge is 0.295 e. The van der Waals surface area contributed by atoms with E-state index >= 15 is 0 Å². The molecule has 4 heteroatoms. The third kappa shape index (κ3) is 1.91. The van der Waals surface area contributed by atoms with E-state index in [1.54, 1.807) is 7.05 Å². The van der Waals surface area contributed by atoms with Crippen LogP contribution in [0.2, 0.25) is 0 Å². The molecule has 0 spiro atoms. The van der Waals surface area contributed by atoms with Gasteiger partial charge in [0.1, 0.15) is 5.52 Å². The van der Waals surface area contributed by atoms with Crippen molar-refractivity contribution < 1.29 is 4.42 Å². The number of hydrogen-bond donors (Lipinski definition) is 2. The summed E-state index contributed by atoms with van der Waals surface area (Å²) < 4.78 is 5.59. The van der Waals surface area contributed by atoms with Gasteiger partial charge in [-0.15, -0.1) is 0 Å². The van der Waals surface area contributed by atoms with Crippen LogP contribution in [0.4, 0.5) is 11.7 Å². The van der Waals surface area contributed by atoms with E-state index in [2.05, 4.69) is 27.8 Å². The van der Waals surface area contributed by atoms with Crippen molar-refractivity contribution in [3.63, 3.8) is 0 Å². The monoisotopic (exact) mass is 253 g/mol. The van der Waals surface area contributed by atoms with Crippen molar-refractivity contribution in [3.05, 3.63) is 42.5 Å². The molecule has 96 valence electrons. The number of fused-ring (bicyclic) bond motifs is 1. The van der Waals surface area contributed by atoms with E-state index in [-0.39, 0.29) is 0 Å². The van der Waals surface area contributed by atoms with E-state index in [4.69, 9.17) is 4.42 Å². The molecule has 0 fully saturated rings. The highest BCUT2D eigenvalue weighted by Gasteiger charge is 2.13. The largest absolute Gasteiger partial charge is 0.423 e. The maximum absolute atomic E-state index is 5.59. The Balaban J connectivity index is 2.26. The minimum Gasteiger partial charge on any atom is -0.423 e. The second kappa shape index (κ2) is 4.65. The quantitative estimate of drug-likeness (QED) is 0.749. The van der Waals surface area contributed by atoms with Crippen LogP contribution >= 0.6 is 0 Å². The van der Waals surface area contributed by atoms with Gasteiger partial charge in [-0.3, -0.25) is 0 Å². The Kier molecular flexibility index (Phi) is 2.83. The number of nitrogens with zero attached hydrogens (tertiary/aromatic N) is 1. The first-order valence-electron chi connectivity index (χ1n) is 6.18. The number of aromatic nitrogens is 1. The molecule has 0 atom stereocenters. The van der Waals surface area contributed by atoms with Crippen LogP contribution in [-0.4, -0.2) is 19.1 Å². The third-order valence-corrected chi connectivity index (χ3v) is 3.11. The molecule has 3 aromatic rings. The first-order valence-corrected chi connectivity index (χ1v) is 6.18. The van der Waals surface area contributed by atoms with Crippen LogP contribution in [0.15, 0.2) is 46.9 Å². The predicted octanol–water partition coefficient (Wildman–Crippen LogP) is 3.58. The molecule has 0 unspecified atom stereocenters. The first-order chi connectivity index (χ1) is 9.33. The minimum absolute atomic E-state index is 0.525. The Morgan fingerprint density at radius 3 is 2.42 bits per heavy atom. The fourth-order valence-corrected chi connectivity index (χ4v) is 2.21. The van der Waals surface area contributed by atoms with Crippen molar-refractivity contribution >= 4 is 22.8 Å². The molecule has 0 bridgehead atoms. The highest BCUT2D eigenvalue weighted by atomic mass is 16.4. The minimum atomic E-state index is 0.525. The zero-order chi connectivity index (χ0) is 13.2. The molecular weight excluding hydrogens is 238 g/mol. The maximum atomic E-state index is 5.59. The maximum Gasteiger partial charge on any atom is 0.295 e. The molecule has 2 aromatic carbocycles. The highest BCUT2D eigenvalue weighted by molar-refractivity contribution is 5.97. The Morgan fingerprint density at radius 2 is 1.74 bits per heavy atom. The summed E-state index contributed by atoms with van der Waals surface area (Å²) >= 11 is 0. The van der Waals surface area contributed by atoms with Gasteiger partial charge in [-0.2, -0.15) is 4.98 Å². The number of rotatable bonds is 3. The van der Waals surface area contributed by atoms with E-state index in [1.165, 1.54) is 0 Å². The summed E-state index contributed by atoms with van der Waals surface area (Å²) in [6.07, 6.45) is 0. The molecule has 0 saturated heterocycles. The molecule has 0 amide bonds. The summed E-state index contributed by atoms with van der Waals surface area (Å²) in [5, 5.41) is 6.15. The lowest BCUT2D eigenvalue weighted by Crippen LogP contribution is -1.93. The van der Waals surface area contributed by atoms with Crippen LogP contribution in [0.3, 0.4) is 0 Å². The molecule has 0 radical (unpaired) electrons. The number of oxazole rings is 1. The van der Waals surface area contributed by atoms with E-state index < -0.39 is 0 Å². The second-order valence-corrected chi connectivity index (χ2v) is 4.22. The fourth-order valence-electron chi connectivity index (χ4n) is 2.21. The Bertz CT molecular complexity index is 704. The third-order valence-electron chi connectivity index (χ3n) is 3.11. The van der Waals surface area contributed by atoms with E-state index in [1.807, 2.05) is 37.4 Å². The lowest BCUT2D eigenvalue weighted by atomic mass is 10.0. The summed E-state index contributed by atoms with van der Waals surface area (Å²) in [5.41, 5.74) is 4.87. The molecule has 19 heavy (non-hydrogen) atoms. The van der Waals surface area contributed by atoms with Crippen LogP contribution in [-0.2, 0) is 0 Å². The van der Waals surface area contributed by atoms with Crippen molar-refractivity contribution in [1.29, 1.82) is 0 Å². The van der Waals surface area contributed by atoms with E-state index in [9.17, 15) is 0 Å². The van der Waals surface area contributed by atoms with Crippen molar-refractivity contribution in [2.45, 2.75) is 0 Å². The summed E-state index contributed by atoms with van der Waals surface area (Å²) in [5.74, 6) is 0. The Labute approximate surface area is 111 Å². The molecule has 0 aliphatic carbocycles. The fraction of sp³-hybridized carbons (Fsp3) is 0.133. The van der Waals surface area contributed by atoms with Gasteiger partial charge in [-0.1, -0.05) is 30.3 Å². The van der Waals surface area contributed by atoms with E-state index in [0.29, 0.717) is 6.01 Å². The van der Waals surface area contributed by atoms with Crippen molar-refractivity contribution in [2.24, 2.45) is 0 Å². The van der Waals surface area contributed by atoms with Gasteiger partial charge in [-0.05, 0) is 17.7 Å². The van der Waals surface area contributed by atoms with Gasteiger partial charge in [0.05, 0.1) is 5.69 Å². The first kappa shape index (κ1) is 11.6. The van der Waals surface area contributed by atoms with Crippen molar-refractivity contribution in [3.8, 4) is 11.1 Å². The lowest BCUT2D eigenvalue weighted by Gasteiger charge is -2.09. The SMILES string of the molecule is CNc1nc2c(NC)c(-c3ccccc3)ccc2o1. The number of anilines is 2. The number of benzene rings is 2. The molecule has 0 aliphatic heterocycles. The van der Waals surface area contributed by atoms with Gasteiger partial charge < -0.3 is 15.1 Å². The summed E-state index contributed by atoms with van der Waals surface area (Å²) in [6, 6.07) is 14.8. The summed E-state index contributed by atoms with van der Waals surface area (Å²) in [6.45, 7) is 0. The standard InChI is InChI=1S/C15H15N3O/c1-16-13-11(10-6-4-3-5-7-10)8-9-12-14(13)18-15(17-2)19-12/h3-9,16H,1-2H3,(H,17,18). The van der Waals surface area contributed by atoms with Gasteiger partial charge in [0.25, 0.3) is 6.01 Å². The Hall–Kier alpha value is -2.49. The van der Waals surface area contributed by atoms with Gasteiger partial charge in [-0.25, -0.2) is 0 Å². The highest BCUT2D eigenvalue weighted by Crippen LogP contribution is 2.35. The van der Waals surface area contributed by atoms with Crippen LogP contribution < -0.4 is 10.6 Å². The second-order valence-electron chi connectivity index (χ2n) is 4.22. The van der Waals surface area contributed by atoms with Gasteiger partial charge in [0.15, 0.2) is 5.58 Å². The molecule has 3 rings (SSSR count). The van der Waals surface area contributed by atoms with Gasteiger partial charge in [0.2, 0.25) is 0 Å². The molecule has 1 heterocycles. The molecular formula is C15H15N3O. The number of nitrogens with one attached hydrogen (secondary N) is 2. The molecule has 0 aliphatic rings. The van der Waals surface area contributed by atoms with Crippen molar-refractivity contribution in [2.75, 3.05) is 24.7 Å². The van der Waals surface area contributed by atoms with E-state index in [0.717, 1.165) is 27.9 Å². The summed E-state index contributed by atoms with van der Waals surface area (Å²) in [7, 11) is 3.69. The molecule has 4 nitrogen and oxygen atoms in total. The molecule has 1 aromatic heterocycles. The molecule has 2 N–H and O–H groups in total. The lowest BCUT2D eigenvalue weighted by molar-refractivity contribution is 0.620. The van der Waals surface area contributed by atoms with Crippen molar-refractivity contribution in [1.82, 2.24) is 4.98 Å². The zero-order valence-corrected chi connectivity index (χ0v) is 10.9. The normalized spacial score (nSPS) is 10.6. The van der Waals surface area contributed by atoms with Gasteiger partial charge in [0, 0.05) is 19.7 Å². The summed E-state index contributed by atoms with van der Waals surface area (Å²) in [4.78, 5) is 4.45. The molecule has 0 saturated carbocycles. The average molecular weight is 253 g/mol. The topological polar surface area (TPSA) is 50.1 Å². The van der Waals surface area contributed by atoms with Crippen LogP contribution in [0.25, 0.3) is 22.2 Å². The van der Waals surface area contributed by atoms with Gasteiger partial charge >= 0.3 is 0 Å².